The normalized spacial score (nSPS) is 56.5. The van der Waals surface area contributed by atoms with Gasteiger partial charge >= 0.3 is 0 Å². The molecular formula is C30H50O2. The topological polar surface area (TPSA) is 40.5 Å². The van der Waals surface area contributed by atoms with Gasteiger partial charge in [-0.2, -0.15) is 0 Å². The van der Waals surface area contributed by atoms with Crippen molar-refractivity contribution in [2.75, 3.05) is 6.61 Å². The lowest BCUT2D eigenvalue weighted by Gasteiger charge is -2.73. The summed E-state index contributed by atoms with van der Waals surface area (Å²) >= 11 is 0. The van der Waals surface area contributed by atoms with Crippen LogP contribution in [-0.4, -0.2) is 22.9 Å². The van der Waals surface area contributed by atoms with E-state index in [1.54, 1.807) is 0 Å². The van der Waals surface area contributed by atoms with Gasteiger partial charge in [0.2, 0.25) is 0 Å². The zero-order chi connectivity index (χ0) is 23.3. The Morgan fingerprint density at radius 1 is 0.781 bits per heavy atom. The molecule has 5 fully saturated rings. The van der Waals surface area contributed by atoms with Crippen LogP contribution in [0, 0.1) is 56.7 Å². The van der Waals surface area contributed by atoms with E-state index in [-0.39, 0.29) is 18.1 Å². The fourth-order valence-electron chi connectivity index (χ4n) is 11.5. The minimum Gasteiger partial charge on any atom is -0.393 e. The minimum absolute atomic E-state index is 0.0344. The molecule has 0 bridgehead atoms. The summed E-state index contributed by atoms with van der Waals surface area (Å²) in [4.78, 5) is 0. The molecular weight excluding hydrogens is 392 g/mol. The van der Waals surface area contributed by atoms with Gasteiger partial charge in [-0.25, -0.2) is 0 Å². The second-order valence-corrected chi connectivity index (χ2v) is 14.7. The molecule has 0 heterocycles. The van der Waals surface area contributed by atoms with Crippen LogP contribution < -0.4 is 0 Å². The average Bonchev–Trinajstić information content (AvgIpc) is 3.09. The van der Waals surface area contributed by atoms with Crippen LogP contribution in [0.1, 0.15) is 106 Å². The summed E-state index contributed by atoms with van der Waals surface area (Å²) in [6, 6.07) is 0. The molecule has 5 saturated carbocycles. The molecule has 0 radical (unpaired) electrons. The first kappa shape index (κ1) is 23.4. The highest BCUT2D eigenvalue weighted by Crippen LogP contribution is 2.77. The maximum absolute atomic E-state index is 10.9. The zero-order valence-electron chi connectivity index (χ0n) is 21.8. The summed E-state index contributed by atoms with van der Waals surface area (Å²) in [5.41, 5.74) is 2.70. The standard InChI is InChI=1S/C30H50O2/c1-19(18-31)20-10-13-27(4)16-17-29(6)21(25(20)27)8-9-23-28(5)14-12-24(32)26(2,3)22(28)11-15-30(23,29)7/h20-25,31-32H,1,8-18H2,2-7H3/t20?,21?,22?,23-,24+,25?,27-,28+,29-,30-/m1/s1. The third-order valence-electron chi connectivity index (χ3n) is 13.6. The van der Waals surface area contributed by atoms with Gasteiger partial charge < -0.3 is 10.2 Å². The van der Waals surface area contributed by atoms with Crippen molar-refractivity contribution in [1.29, 1.82) is 0 Å². The largest absolute Gasteiger partial charge is 0.393 e. The highest BCUT2D eigenvalue weighted by Gasteiger charge is 2.70. The van der Waals surface area contributed by atoms with Crippen molar-refractivity contribution in [3.8, 4) is 0 Å². The number of fused-ring (bicyclic) bond motifs is 7. The summed E-state index contributed by atoms with van der Waals surface area (Å²) in [6.45, 7) is 19.8. The Morgan fingerprint density at radius 2 is 1.50 bits per heavy atom. The monoisotopic (exact) mass is 442 g/mol. The molecule has 182 valence electrons. The number of hydrogen-bond donors (Lipinski definition) is 2. The zero-order valence-corrected chi connectivity index (χ0v) is 21.8. The quantitative estimate of drug-likeness (QED) is 0.452. The molecule has 0 aliphatic heterocycles. The smallest absolute Gasteiger partial charge is 0.0641 e. The van der Waals surface area contributed by atoms with Gasteiger partial charge in [-0.15, -0.1) is 0 Å². The first-order valence-corrected chi connectivity index (χ1v) is 13.8. The van der Waals surface area contributed by atoms with E-state index >= 15 is 0 Å². The lowest BCUT2D eigenvalue weighted by molar-refractivity contribution is -0.246. The summed E-state index contributed by atoms with van der Waals surface area (Å²) in [5, 5.41) is 20.9. The highest BCUT2D eigenvalue weighted by molar-refractivity contribution is 5.21. The number of hydrogen-bond acceptors (Lipinski definition) is 2. The molecule has 5 aliphatic carbocycles. The van der Waals surface area contributed by atoms with Gasteiger partial charge in [0.1, 0.15) is 0 Å². The Bertz CT molecular complexity index is 786. The predicted octanol–water partition coefficient (Wildman–Crippen LogP) is 7.00. The first-order valence-electron chi connectivity index (χ1n) is 13.8. The van der Waals surface area contributed by atoms with E-state index in [0.717, 1.165) is 23.8 Å². The Labute approximate surface area is 197 Å². The van der Waals surface area contributed by atoms with E-state index in [4.69, 9.17) is 0 Å². The van der Waals surface area contributed by atoms with Crippen molar-refractivity contribution >= 4 is 0 Å². The highest BCUT2D eigenvalue weighted by atomic mass is 16.3. The van der Waals surface area contributed by atoms with Gasteiger partial charge in [0, 0.05) is 0 Å². The Kier molecular flexibility index (Phi) is 5.19. The fraction of sp³-hybridized carbons (Fsp3) is 0.933. The number of aliphatic hydroxyl groups excluding tert-OH is 2. The molecule has 5 aliphatic rings. The molecule has 5 rings (SSSR count). The van der Waals surface area contributed by atoms with E-state index < -0.39 is 0 Å². The lowest BCUT2D eigenvalue weighted by atomic mass is 9.32. The van der Waals surface area contributed by atoms with Gasteiger partial charge in [-0.05, 0) is 126 Å². The fourth-order valence-corrected chi connectivity index (χ4v) is 11.5. The molecule has 4 unspecified atom stereocenters. The molecule has 0 aromatic heterocycles. The molecule has 0 aromatic rings. The third kappa shape index (κ3) is 2.72. The molecule has 0 saturated heterocycles. The number of rotatable bonds is 2. The third-order valence-corrected chi connectivity index (χ3v) is 13.6. The van der Waals surface area contributed by atoms with Crippen LogP contribution in [0.2, 0.25) is 0 Å². The van der Waals surface area contributed by atoms with Gasteiger partial charge in [0.15, 0.2) is 0 Å². The van der Waals surface area contributed by atoms with E-state index in [0.29, 0.717) is 39.4 Å². The van der Waals surface area contributed by atoms with Crippen LogP contribution in [0.4, 0.5) is 0 Å². The van der Waals surface area contributed by atoms with Crippen molar-refractivity contribution in [2.45, 2.75) is 112 Å². The van der Waals surface area contributed by atoms with Gasteiger partial charge in [0.25, 0.3) is 0 Å². The van der Waals surface area contributed by atoms with E-state index in [2.05, 4.69) is 48.1 Å². The van der Waals surface area contributed by atoms with Crippen molar-refractivity contribution in [2.24, 2.45) is 56.7 Å². The summed E-state index contributed by atoms with van der Waals surface area (Å²) in [7, 11) is 0. The molecule has 10 atom stereocenters. The molecule has 0 aromatic carbocycles. The minimum atomic E-state index is -0.143. The van der Waals surface area contributed by atoms with Gasteiger partial charge in [-0.3, -0.25) is 0 Å². The maximum Gasteiger partial charge on any atom is 0.0641 e. The Morgan fingerprint density at radius 3 is 2.19 bits per heavy atom. The first-order chi connectivity index (χ1) is 14.8. The molecule has 2 nitrogen and oxygen atoms in total. The summed E-state index contributed by atoms with van der Waals surface area (Å²) in [6.07, 6.45) is 12.7. The molecule has 32 heavy (non-hydrogen) atoms. The molecule has 0 amide bonds. The van der Waals surface area contributed by atoms with E-state index in [9.17, 15) is 10.2 Å². The van der Waals surface area contributed by atoms with E-state index in [1.807, 2.05) is 0 Å². The van der Waals surface area contributed by atoms with Crippen LogP contribution in [-0.2, 0) is 0 Å². The average molecular weight is 443 g/mol. The van der Waals surface area contributed by atoms with Gasteiger partial charge in [-0.1, -0.05) is 48.1 Å². The van der Waals surface area contributed by atoms with E-state index in [1.165, 1.54) is 57.8 Å². The van der Waals surface area contributed by atoms with Crippen LogP contribution in [0.3, 0.4) is 0 Å². The van der Waals surface area contributed by atoms with Gasteiger partial charge in [0.05, 0.1) is 12.7 Å². The van der Waals surface area contributed by atoms with Crippen LogP contribution in [0.25, 0.3) is 0 Å². The van der Waals surface area contributed by atoms with Crippen LogP contribution in [0.15, 0.2) is 12.2 Å². The Balaban J connectivity index is 1.53. The lowest BCUT2D eigenvalue weighted by Crippen LogP contribution is -2.66. The molecule has 2 heteroatoms. The van der Waals surface area contributed by atoms with Crippen molar-refractivity contribution in [3.05, 3.63) is 12.2 Å². The SMILES string of the molecule is C=C(CO)C1CC[C@]2(C)CC[C@]3(C)C(CC[C@@H]4[C@@]5(C)CC[C@H](O)C(C)(C)C5CC[C@]43C)C12. The summed E-state index contributed by atoms with van der Waals surface area (Å²) < 4.78 is 0. The molecule has 2 N–H and O–H groups in total. The van der Waals surface area contributed by atoms with Crippen LogP contribution >= 0.6 is 0 Å². The summed E-state index contributed by atoms with van der Waals surface area (Å²) in [5.74, 6) is 3.39. The van der Waals surface area contributed by atoms with Crippen LogP contribution in [0.5, 0.6) is 0 Å². The van der Waals surface area contributed by atoms with Crippen molar-refractivity contribution in [3.63, 3.8) is 0 Å². The second kappa shape index (κ2) is 7.09. The van der Waals surface area contributed by atoms with Crippen molar-refractivity contribution in [1.82, 2.24) is 0 Å². The maximum atomic E-state index is 10.9. The molecule has 0 spiro atoms. The predicted molar refractivity (Wildman–Crippen MR) is 132 cm³/mol. The Hall–Kier alpha value is -0.340. The van der Waals surface area contributed by atoms with Crippen molar-refractivity contribution < 1.29 is 10.2 Å². The second-order valence-electron chi connectivity index (χ2n) is 14.7. The number of aliphatic hydroxyl groups is 2.